The van der Waals surface area contributed by atoms with Gasteiger partial charge in [-0.2, -0.15) is 0 Å². The Morgan fingerprint density at radius 2 is 2.05 bits per heavy atom. The summed E-state index contributed by atoms with van der Waals surface area (Å²) in [6.07, 6.45) is 5.23. The lowest BCUT2D eigenvalue weighted by molar-refractivity contribution is -0.140. The summed E-state index contributed by atoms with van der Waals surface area (Å²) in [6.45, 7) is 2.15. The van der Waals surface area contributed by atoms with Crippen molar-refractivity contribution < 1.29 is 28.8 Å². The van der Waals surface area contributed by atoms with E-state index in [1.54, 1.807) is 12.3 Å². The molecule has 3 aromatic rings. The second kappa shape index (κ2) is 11.3. The fourth-order valence-corrected chi connectivity index (χ4v) is 7.23. The molecular formula is C30H31BN2O6S. The summed E-state index contributed by atoms with van der Waals surface area (Å²) in [5.74, 6) is -0.262. The number of thiophene rings is 1. The van der Waals surface area contributed by atoms with Gasteiger partial charge in [-0.25, -0.2) is 0 Å². The molecule has 3 aromatic heterocycles. The minimum atomic E-state index is -1.01. The summed E-state index contributed by atoms with van der Waals surface area (Å²) in [5.41, 5.74) is 3.85. The maximum atomic E-state index is 13.7. The van der Waals surface area contributed by atoms with Crippen LogP contribution in [-0.2, 0) is 27.4 Å². The van der Waals surface area contributed by atoms with Crippen LogP contribution < -0.4 is 0 Å². The van der Waals surface area contributed by atoms with Crippen LogP contribution in [0.5, 0.6) is 0 Å². The van der Waals surface area contributed by atoms with Gasteiger partial charge < -0.3 is 19.2 Å². The largest absolute Gasteiger partial charge is 0.459 e. The van der Waals surface area contributed by atoms with Gasteiger partial charge in [0, 0.05) is 11.1 Å². The molecule has 40 heavy (non-hydrogen) atoms. The number of aromatic nitrogens is 1. The molecule has 0 saturated carbocycles. The van der Waals surface area contributed by atoms with Gasteiger partial charge in [-0.05, 0) is 91.4 Å². The van der Waals surface area contributed by atoms with E-state index in [4.69, 9.17) is 9.07 Å². The van der Waals surface area contributed by atoms with Crippen molar-refractivity contribution in [3.63, 3.8) is 0 Å². The highest BCUT2D eigenvalue weighted by atomic mass is 32.1. The maximum absolute atomic E-state index is 13.7. The normalized spacial score (nSPS) is 25.0. The molecule has 8 nitrogen and oxygen atoms in total. The van der Waals surface area contributed by atoms with Crippen LogP contribution in [0.2, 0.25) is 6.32 Å². The van der Waals surface area contributed by atoms with Crippen molar-refractivity contribution in [1.29, 1.82) is 0 Å². The number of aliphatic hydroxyl groups excluding tert-OH is 1. The number of allylic oxidation sites excluding steroid dienone is 2. The molecule has 3 aliphatic rings. The van der Waals surface area contributed by atoms with Crippen molar-refractivity contribution in [2.24, 2.45) is 17.8 Å². The van der Waals surface area contributed by atoms with E-state index >= 15 is 0 Å². The number of imide groups is 1. The monoisotopic (exact) mass is 558 g/mol. The zero-order valence-corrected chi connectivity index (χ0v) is 23.0. The number of amides is 2. The van der Waals surface area contributed by atoms with Crippen LogP contribution in [0.3, 0.4) is 0 Å². The number of carbonyl (C=O) groups excluding carboxylic acids is 2. The summed E-state index contributed by atoms with van der Waals surface area (Å²) in [4.78, 5) is 34.0. The fourth-order valence-electron chi connectivity index (χ4n) is 6.54. The zero-order valence-electron chi connectivity index (χ0n) is 22.2. The highest BCUT2D eigenvalue weighted by Crippen LogP contribution is 2.50. The number of pyridine rings is 1. The Morgan fingerprint density at radius 1 is 1.18 bits per heavy atom. The summed E-state index contributed by atoms with van der Waals surface area (Å²) in [7, 11) is -1.01. The average molecular weight is 558 g/mol. The highest BCUT2D eigenvalue weighted by Gasteiger charge is 2.56. The summed E-state index contributed by atoms with van der Waals surface area (Å²) in [5, 5.41) is 22.1. The van der Waals surface area contributed by atoms with Crippen LogP contribution in [0.25, 0.3) is 11.6 Å². The first kappa shape index (κ1) is 26.9. The third-order valence-corrected chi connectivity index (χ3v) is 9.12. The number of hydrogen-bond acceptors (Lipinski definition) is 8. The van der Waals surface area contributed by atoms with E-state index in [9.17, 15) is 19.7 Å². The van der Waals surface area contributed by atoms with E-state index in [-0.39, 0.29) is 30.4 Å². The lowest BCUT2D eigenvalue weighted by Crippen LogP contribution is -2.46. The molecule has 2 amide bonds. The Morgan fingerprint density at radius 3 is 2.77 bits per heavy atom. The Hall–Kier alpha value is -3.31. The molecular weight excluding hydrogens is 527 g/mol. The number of carbonyl (C=O) groups is 2. The Labute approximate surface area is 237 Å². The second-order valence-corrected chi connectivity index (χ2v) is 11.8. The van der Waals surface area contributed by atoms with E-state index in [2.05, 4.69) is 4.98 Å². The van der Waals surface area contributed by atoms with Gasteiger partial charge in [0.1, 0.15) is 18.1 Å². The van der Waals surface area contributed by atoms with Gasteiger partial charge in [-0.3, -0.25) is 19.5 Å². The third-order valence-electron chi connectivity index (χ3n) is 8.26. The first-order valence-electron chi connectivity index (χ1n) is 13.6. The first-order chi connectivity index (χ1) is 19.4. The van der Waals surface area contributed by atoms with Crippen LogP contribution in [0.1, 0.15) is 48.3 Å². The van der Waals surface area contributed by atoms with Crippen LogP contribution in [-0.4, -0.2) is 45.1 Å². The minimum Gasteiger partial charge on any atom is -0.459 e. The number of furan rings is 1. The topological polar surface area (TPSA) is 113 Å². The lowest BCUT2D eigenvalue weighted by atomic mass is 9.58. The number of aliphatic hydroxyl groups is 1. The van der Waals surface area contributed by atoms with Crippen molar-refractivity contribution >= 4 is 41.9 Å². The molecule has 6 rings (SSSR count). The molecule has 1 aliphatic carbocycles. The van der Waals surface area contributed by atoms with Crippen LogP contribution in [0, 0.1) is 17.8 Å². The molecule has 2 fully saturated rings. The van der Waals surface area contributed by atoms with Gasteiger partial charge in [0.25, 0.3) is 0 Å². The number of nitrogens with zero attached hydrogens (tertiary/aromatic N) is 2. The summed E-state index contributed by atoms with van der Waals surface area (Å²) >= 11 is 1.54. The Bertz CT molecular complexity index is 1450. The van der Waals surface area contributed by atoms with E-state index in [0.717, 1.165) is 27.3 Å². The molecule has 0 radical (unpaired) electrons. The van der Waals surface area contributed by atoms with Gasteiger partial charge in [0.2, 0.25) is 11.8 Å². The smallest absolute Gasteiger partial charge is 0.455 e. The van der Waals surface area contributed by atoms with Crippen molar-refractivity contribution in [2.75, 3.05) is 0 Å². The highest BCUT2D eigenvalue weighted by molar-refractivity contribution is 7.09. The quantitative estimate of drug-likeness (QED) is 0.237. The number of rotatable bonds is 8. The molecule has 10 heteroatoms. The van der Waals surface area contributed by atoms with E-state index in [0.29, 0.717) is 43.6 Å². The maximum Gasteiger partial charge on any atom is 0.455 e. The number of hydrogen-bond donors (Lipinski definition) is 2. The van der Waals surface area contributed by atoms with E-state index in [1.807, 2.05) is 54.8 Å². The van der Waals surface area contributed by atoms with Gasteiger partial charge in [-0.1, -0.05) is 17.7 Å². The molecule has 4 atom stereocenters. The Balaban J connectivity index is 1.26. The Kier molecular flexibility index (Phi) is 7.59. The molecule has 2 N–H and O–H groups in total. The molecule has 2 saturated heterocycles. The third kappa shape index (κ3) is 5.12. The van der Waals surface area contributed by atoms with Gasteiger partial charge >= 0.3 is 7.12 Å². The fraction of sp³-hybridized carbons (Fsp3) is 0.367. The summed E-state index contributed by atoms with van der Waals surface area (Å²) in [6, 6.07) is 13.1. The lowest BCUT2D eigenvalue weighted by Gasteiger charge is -2.42. The zero-order chi connectivity index (χ0) is 27.8. The van der Waals surface area contributed by atoms with Crippen molar-refractivity contribution in [3.8, 4) is 0 Å². The molecule has 2 aliphatic heterocycles. The molecule has 0 bridgehead atoms. The van der Waals surface area contributed by atoms with E-state index < -0.39 is 19.0 Å². The predicted octanol–water partition coefficient (Wildman–Crippen LogP) is 4.57. The van der Waals surface area contributed by atoms with Crippen molar-refractivity contribution in [3.05, 3.63) is 87.3 Å². The standard InChI is InChI=1S/C30H31BN2O6S/c1-18-13-23-28(30(36)33(29(23)35)16-22-5-4-12-40-22)24-15-31(37)39-26(27(18)24)10-7-19(25-6-2-3-11-32-25)14-20-8-9-21(17-34)38-20/h2-6,8-9,11-12,14,23-24,26,28,34,37H,7,10,13,15-17H2,1H3/b19-14-/t23-,24+,26-,28-/m1/s1. The average Bonchev–Trinajstić information content (AvgIpc) is 3.69. The summed E-state index contributed by atoms with van der Waals surface area (Å²) < 4.78 is 11.8. The molecule has 0 unspecified atom stereocenters. The van der Waals surface area contributed by atoms with E-state index in [1.165, 1.54) is 16.2 Å². The number of fused-ring (bicyclic) bond motifs is 3. The molecule has 5 heterocycles. The van der Waals surface area contributed by atoms with Crippen molar-refractivity contribution in [2.45, 2.75) is 51.8 Å². The van der Waals surface area contributed by atoms with Gasteiger partial charge in [0.15, 0.2) is 0 Å². The molecule has 0 spiro atoms. The second-order valence-electron chi connectivity index (χ2n) is 10.7. The van der Waals surface area contributed by atoms with Crippen molar-refractivity contribution in [1.82, 2.24) is 9.88 Å². The first-order valence-corrected chi connectivity index (χ1v) is 14.5. The van der Waals surface area contributed by atoms with Gasteiger partial charge in [0.05, 0.1) is 30.2 Å². The van der Waals surface area contributed by atoms with Gasteiger partial charge in [-0.15, -0.1) is 11.3 Å². The van der Waals surface area contributed by atoms with Crippen LogP contribution in [0.4, 0.5) is 0 Å². The molecule has 0 aromatic carbocycles. The molecule has 206 valence electrons. The number of likely N-dealkylation sites (tertiary alicyclic amines) is 1. The van der Waals surface area contributed by atoms with Crippen LogP contribution >= 0.6 is 11.3 Å². The predicted molar refractivity (Wildman–Crippen MR) is 151 cm³/mol. The minimum absolute atomic E-state index is 0.111. The van der Waals surface area contributed by atoms with Crippen LogP contribution in [0.15, 0.2) is 69.6 Å². The SMILES string of the molecule is CC1=C2[C@@H](CC/C(=C/c3ccc(CO)o3)c3ccccn3)OB(O)C[C@@H]2[C@@H]2C(=O)N(Cc3cccs3)C(=O)[C@@H]2C1.